The van der Waals surface area contributed by atoms with E-state index in [9.17, 15) is 4.79 Å². The van der Waals surface area contributed by atoms with Crippen LogP contribution in [-0.2, 0) is 9.47 Å². The summed E-state index contributed by atoms with van der Waals surface area (Å²) in [7, 11) is 0. The van der Waals surface area contributed by atoms with Crippen molar-refractivity contribution < 1.29 is 18.7 Å². The lowest BCUT2D eigenvalue weighted by Crippen LogP contribution is -2.48. The maximum absolute atomic E-state index is 12.3. The molecule has 1 aromatic rings. The van der Waals surface area contributed by atoms with Gasteiger partial charge in [0.05, 0.1) is 18.9 Å². The van der Waals surface area contributed by atoms with Gasteiger partial charge in [-0.3, -0.25) is 0 Å². The highest BCUT2D eigenvalue weighted by atomic mass is 16.6. The van der Waals surface area contributed by atoms with Crippen molar-refractivity contribution in [3.63, 3.8) is 0 Å². The Morgan fingerprint density at radius 1 is 1.45 bits per heavy atom. The third-order valence-electron chi connectivity index (χ3n) is 3.74. The zero-order chi connectivity index (χ0) is 16.2. The normalized spacial score (nSPS) is 20.7. The molecule has 2 heterocycles. The third-order valence-corrected chi connectivity index (χ3v) is 3.74. The van der Waals surface area contributed by atoms with E-state index in [0.717, 1.165) is 31.6 Å². The molecule has 1 aliphatic rings. The van der Waals surface area contributed by atoms with Gasteiger partial charge in [-0.15, -0.1) is 0 Å². The SMILES string of the molecule is C[C@H](OC[C@H]1CCCCN1C(=O)OC(C)(C)C)c1ccco1. The Balaban J connectivity index is 1.90. The van der Waals surface area contributed by atoms with Gasteiger partial charge in [-0.1, -0.05) is 0 Å². The quantitative estimate of drug-likeness (QED) is 0.838. The minimum atomic E-state index is -0.471. The summed E-state index contributed by atoms with van der Waals surface area (Å²) in [6.45, 7) is 8.86. The molecule has 0 aliphatic carbocycles. The monoisotopic (exact) mass is 309 g/mol. The zero-order valence-corrected chi connectivity index (χ0v) is 14.0. The summed E-state index contributed by atoms with van der Waals surface area (Å²) in [5.41, 5.74) is -0.471. The second-order valence-corrected chi connectivity index (χ2v) is 6.81. The fraction of sp³-hybridized carbons (Fsp3) is 0.706. The van der Waals surface area contributed by atoms with Gasteiger partial charge in [-0.2, -0.15) is 0 Å². The molecule has 1 saturated heterocycles. The number of ether oxygens (including phenoxy) is 2. The van der Waals surface area contributed by atoms with Crippen LogP contribution in [0.5, 0.6) is 0 Å². The van der Waals surface area contributed by atoms with E-state index >= 15 is 0 Å². The van der Waals surface area contributed by atoms with Crippen LogP contribution < -0.4 is 0 Å². The van der Waals surface area contributed by atoms with Crippen LogP contribution in [0.3, 0.4) is 0 Å². The number of furan rings is 1. The van der Waals surface area contributed by atoms with E-state index in [1.54, 1.807) is 6.26 Å². The minimum Gasteiger partial charge on any atom is -0.467 e. The first-order chi connectivity index (χ1) is 10.4. The van der Waals surface area contributed by atoms with E-state index in [4.69, 9.17) is 13.9 Å². The molecule has 0 spiro atoms. The predicted molar refractivity (Wildman–Crippen MR) is 83.7 cm³/mol. The molecule has 1 amide bonds. The van der Waals surface area contributed by atoms with Crippen molar-refractivity contribution in [1.29, 1.82) is 0 Å². The third kappa shape index (κ3) is 4.77. The molecular weight excluding hydrogens is 282 g/mol. The van der Waals surface area contributed by atoms with Crippen LogP contribution in [0.2, 0.25) is 0 Å². The molecule has 5 nitrogen and oxygen atoms in total. The van der Waals surface area contributed by atoms with Gasteiger partial charge in [-0.05, 0) is 59.1 Å². The average molecular weight is 309 g/mol. The van der Waals surface area contributed by atoms with Crippen molar-refractivity contribution in [2.45, 2.75) is 64.7 Å². The number of rotatable bonds is 4. The molecule has 0 saturated carbocycles. The van der Waals surface area contributed by atoms with Gasteiger partial charge in [0.25, 0.3) is 0 Å². The smallest absolute Gasteiger partial charge is 0.410 e. The second kappa shape index (κ2) is 7.18. The fourth-order valence-electron chi connectivity index (χ4n) is 2.59. The molecule has 124 valence electrons. The van der Waals surface area contributed by atoms with Crippen LogP contribution in [0.25, 0.3) is 0 Å². The Hall–Kier alpha value is -1.49. The van der Waals surface area contributed by atoms with Crippen molar-refractivity contribution in [1.82, 2.24) is 4.90 Å². The van der Waals surface area contributed by atoms with Gasteiger partial charge in [-0.25, -0.2) is 4.79 Å². The topological polar surface area (TPSA) is 51.9 Å². The van der Waals surface area contributed by atoms with Crippen molar-refractivity contribution >= 4 is 6.09 Å². The maximum Gasteiger partial charge on any atom is 0.410 e. The van der Waals surface area contributed by atoms with Gasteiger partial charge in [0.15, 0.2) is 0 Å². The second-order valence-electron chi connectivity index (χ2n) is 6.81. The first-order valence-electron chi connectivity index (χ1n) is 8.01. The predicted octanol–water partition coefficient (Wildman–Crippen LogP) is 4.15. The Morgan fingerprint density at radius 3 is 2.86 bits per heavy atom. The number of amides is 1. The number of carbonyl (C=O) groups is 1. The summed E-state index contributed by atoms with van der Waals surface area (Å²) in [6, 6.07) is 3.82. The van der Waals surface area contributed by atoms with Crippen LogP contribution in [0.15, 0.2) is 22.8 Å². The van der Waals surface area contributed by atoms with Gasteiger partial charge in [0, 0.05) is 6.54 Å². The molecule has 0 bridgehead atoms. The largest absolute Gasteiger partial charge is 0.467 e. The lowest BCUT2D eigenvalue weighted by atomic mass is 10.0. The molecule has 2 atom stereocenters. The summed E-state index contributed by atoms with van der Waals surface area (Å²) in [4.78, 5) is 14.1. The summed E-state index contributed by atoms with van der Waals surface area (Å²) in [6.07, 6.45) is 4.36. The number of hydrogen-bond donors (Lipinski definition) is 0. The highest BCUT2D eigenvalue weighted by Gasteiger charge is 2.31. The number of piperidine rings is 1. The zero-order valence-electron chi connectivity index (χ0n) is 14.0. The number of hydrogen-bond acceptors (Lipinski definition) is 4. The van der Waals surface area contributed by atoms with Crippen molar-refractivity contribution in [2.24, 2.45) is 0 Å². The van der Waals surface area contributed by atoms with Crippen LogP contribution in [-0.4, -0.2) is 35.8 Å². The van der Waals surface area contributed by atoms with Gasteiger partial charge in [0.1, 0.15) is 17.5 Å². The number of nitrogens with zero attached hydrogens (tertiary/aromatic N) is 1. The molecule has 0 aromatic carbocycles. The van der Waals surface area contributed by atoms with E-state index in [1.165, 1.54) is 0 Å². The van der Waals surface area contributed by atoms with E-state index in [1.807, 2.05) is 44.7 Å². The van der Waals surface area contributed by atoms with Gasteiger partial charge < -0.3 is 18.8 Å². The summed E-state index contributed by atoms with van der Waals surface area (Å²) < 4.78 is 16.7. The maximum atomic E-state index is 12.3. The molecule has 1 aliphatic heterocycles. The highest BCUT2D eigenvalue weighted by Crippen LogP contribution is 2.23. The van der Waals surface area contributed by atoms with Crippen molar-refractivity contribution in [2.75, 3.05) is 13.2 Å². The molecule has 22 heavy (non-hydrogen) atoms. The standard InChI is InChI=1S/C17H27NO4/c1-13(15-9-7-11-20-15)21-12-14-8-5-6-10-18(14)16(19)22-17(2,3)4/h7,9,11,13-14H,5-6,8,10,12H2,1-4H3/t13-,14+/m0/s1. The Morgan fingerprint density at radius 2 is 2.23 bits per heavy atom. The number of carbonyl (C=O) groups excluding carboxylic acids is 1. The summed E-state index contributed by atoms with van der Waals surface area (Å²) in [5.74, 6) is 0.805. The highest BCUT2D eigenvalue weighted by molar-refractivity contribution is 5.68. The van der Waals surface area contributed by atoms with E-state index < -0.39 is 5.60 Å². The van der Waals surface area contributed by atoms with Crippen LogP contribution in [0.1, 0.15) is 58.8 Å². The Bertz CT molecular complexity index is 464. The molecule has 1 aromatic heterocycles. The van der Waals surface area contributed by atoms with Crippen LogP contribution in [0, 0.1) is 0 Å². The van der Waals surface area contributed by atoms with Crippen molar-refractivity contribution in [3.8, 4) is 0 Å². The first kappa shape index (κ1) is 16.9. The van der Waals surface area contributed by atoms with E-state index in [0.29, 0.717) is 6.61 Å². The minimum absolute atomic E-state index is 0.0704. The molecule has 0 radical (unpaired) electrons. The molecule has 0 unspecified atom stereocenters. The van der Waals surface area contributed by atoms with Crippen LogP contribution in [0.4, 0.5) is 4.79 Å². The molecule has 2 rings (SSSR count). The Labute approximate surface area is 132 Å². The fourth-order valence-corrected chi connectivity index (χ4v) is 2.59. The Kier molecular flexibility index (Phi) is 5.51. The number of likely N-dealkylation sites (tertiary alicyclic amines) is 1. The summed E-state index contributed by atoms with van der Waals surface area (Å²) >= 11 is 0. The summed E-state index contributed by atoms with van der Waals surface area (Å²) in [5, 5.41) is 0. The molecular formula is C17H27NO4. The first-order valence-corrected chi connectivity index (χ1v) is 8.01. The lowest BCUT2D eigenvalue weighted by Gasteiger charge is -2.36. The van der Waals surface area contributed by atoms with Crippen molar-refractivity contribution in [3.05, 3.63) is 24.2 Å². The average Bonchev–Trinajstić information content (AvgIpc) is 2.97. The van der Waals surface area contributed by atoms with E-state index in [2.05, 4.69) is 0 Å². The van der Waals surface area contributed by atoms with Gasteiger partial charge >= 0.3 is 6.09 Å². The lowest BCUT2D eigenvalue weighted by molar-refractivity contribution is -0.0248. The molecule has 5 heteroatoms. The molecule has 0 N–H and O–H groups in total. The van der Waals surface area contributed by atoms with E-state index in [-0.39, 0.29) is 18.2 Å². The van der Waals surface area contributed by atoms with Crippen LogP contribution >= 0.6 is 0 Å². The molecule has 1 fully saturated rings. The van der Waals surface area contributed by atoms with Gasteiger partial charge in [0.2, 0.25) is 0 Å².